The summed E-state index contributed by atoms with van der Waals surface area (Å²) in [5.74, 6) is 1.05. The van der Waals surface area contributed by atoms with Gasteiger partial charge in [-0.2, -0.15) is 0 Å². The Hall–Kier alpha value is -5.03. The molecule has 55 heavy (non-hydrogen) atoms. The van der Waals surface area contributed by atoms with Crippen molar-refractivity contribution >= 4 is 45.6 Å². The Balaban J connectivity index is 0.000000240. The van der Waals surface area contributed by atoms with Gasteiger partial charge in [-0.3, -0.25) is 0 Å². The monoisotopic (exact) mass is 772 g/mol. The Kier molecular flexibility index (Phi) is 16.4. The molecule has 0 aliphatic heterocycles. The number of rotatable bonds is 16. The average Bonchev–Trinajstić information content (AvgIpc) is 3.23. The van der Waals surface area contributed by atoms with Gasteiger partial charge in [0.05, 0.1) is 35.6 Å². The number of benzene rings is 4. The van der Waals surface area contributed by atoms with Crippen LogP contribution in [0.4, 0.5) is 20.2 Å². The number of ether oxygens (including phenoxy) is 2. The first-order chi connectivity index (χ1) is 26.4. The molecule has 8 nitrogen and oxygen atoms in total. The van der Waals surface area contributed by atoms with Gasteiger partial charge in [0.15, 0.2) is 0 Å². The van der Waals surface area contributed by atoms with Crippen LogP contribution in [0.5, 0.6) is 11.5 Å². The number of nitrogens with zero attached hydrogens (tertiary/aromatic N) is 4. The van der Waals surface area contributed by atoms with Gasteiger partial charge in [0.25, 0.3) is 0 Å². The number of anilines is 2. The third-order valence-corrected chi connectivity index (χ3v) is 9.26. The summed E-state index contributed by atoms with van der Waals surface area (Å²) in [6.07, 6.45) is -1.67. The van der Waals surface area contributed by atoms with Gasteiger partial charge in [-0.15, -0.1) is 12.4 Å². The van der Waals surface area contributed by atoms with Crippen LogP contribution in [0.1, 0.15) is 27.7 Å². The van der Waals surface area contributed by atoms with Crippen molar-refractivity contribution < 1.29 is 28.5 Å². The van der Waals surface area contributed by atoms with E-state index in [0.29, 0.717) is 11.5 Å². The van der Waals surface area contributed by atoms with Crippen molar-refractivity contribution in [3.63, 3.8) is 0 Å². The number of aromatic nitrogens is 2. The number of fused-ring (bicyclic) bond motifs is 2. The molecular weight excluding hydrogens is 722 g/mol. The minimum Gasteiger partial charge on any atom is -0.485 e. The molecule has 0 bridgehead atoms. The maximum Gasteiger partial charge on any atom is 0.150 e. The Labute approximate surface area is 328 Å². The predicted molar refractivity (Wildman–Crippen MR) is 224 cm³/mol. The van der Waals surface area contributed by atoms with Gasteiger partial charge >= 0.3 is 0 Å². The highest BCUT2D eigenvalue weighted by atomic mass is 35.5. The topological polar surface area (TPSA) is 91.2 Å². The number of pyridine rings is 2. The van der Waals surface area contributed by atoms with E-state index in [-0.39, 0.29) is 25.6 Å². The Morgan fingerprint density at radius 2 is 0.891 bits per heavy atom. The van der Waals surface area contributed by atoms with Gasteiger partial charge in [-0.1, -0.05) is 36.4 Å². The highest BCUT2D eigenvalue weighted by Gasteiger charge is 2.12. The minimum absolute atomic E-state index is 0. The molecule has 4 aromatic carbocycles. The first kappa shape index (κ1) is 42.7. The van der Waals surface area contributed by atoms with Gasteiger partial charge in [-0.25, -0.2) is 18.7 Å². The molecular formula is C44H51ClF2N4O4. The fourth-order valence-corrected chi connectivity index (χ4v) is 6.16. The molecule has 2 atom stereocenters. The summed E-state index contributed by atoms with van der Waals surface area (Å²) in [5, 5.41) is 20.0. The third kappa shape index (κ3) is 11.0. The van der Waals surface area contributed by atoms with Gasteiger partial charge in [0, 0.05) is 59.5 Å². The molecule has 6 aromatic rings. The van der Waals surface area contributed by atoms with Gasteiger partial charge < -0.3 is 29.5 Å². The summed E-state index contributed by atoms with van der Waals surface area (Å²) in [4.78, 5) is 14.1. The predicted octanol–water partition coefficient (Wildman–Crippen LogP) is 9.34. The van der Waals surface area contributed by atoms with Crippen molar-refractivity contribution in [2.75, 3.05) is 62.5 Å². The van der Waals surface area contributed by atoms with E-state index >= 15 is 0 Å². The van der Waals surface area contributed by atoms with E-state index in [1.165, 1.54) is 11.4 Å². The largest absolute Gasteiger partial charge is 0.485 e. The van der Waals surface area contributed by atoms with Crippen LogP contribution in [0.2, 0.25) is 0 Å². The van der Waals surface area contributed by atoms with E-state index in [1.54, 1.807) is 12.1 Å². The molecule has 0 spiro atoms. The molecule has 11 heteroatoms. The normalized spacial score (nSPS) is 11.9. The zero-order valence-corrected chi connectivity index (χ0v) is 32.7. The molecule has 2 aromatic heterocycles. The fraction of sp³-hybridized carbons (Fsp3) is 0.318. The second kappa shape index (κ2) is 21.2. The Bertz CT molecular complexity index is 1910. The van der Waals surface area contributed by atoms with Crippen molar-refractivity contribution in [3.05, 3.63) is 109 Å². The molecule has 0 fully saturated rings. The lowest BCUT2D eigenvalue weighted by molar-refractivity contribution is 0.0933. The second-order valence-electron chi connectivity index (χ2n) is 12.7. The van der Waals surface area contributed by atoms with Crippen LogP contribution in [0, 0.1) is 0 Å². The van der Waals surface area contributed by atoms with E-state index in [1.807, 2.05) is 48.5 Å². The van der Waals surface area contributed by atoms with Crippen LogP contribution in [0.15, 0.2) is 109 Å². The number of aliphatic hydroxyl groups is 2. The van der Waals surface area contributed by atoms with Crippen LogP contribution in [-0.4, -0.2) is 85.1 Å². The highest BCUT2D eigenvalue weighted by molar-refractivity contribution is 5.85. The van der Waals surface area contributed by atoms with E-state index in [2.05, 4.69) is 86.0 Å². The van der Waals surface area contributed by atoms with Crippen LogP contribution in [0.25, 0.3) is 44.3 Å². The molecule has 2 unspecified atom stereocenters. The van der Waals surface area contributed by atoms with Crippen molar-refractivity contribution in [1.82, 2.24) is 9.97 Å². The maximum absolute atomic E-state index is 12.7. The van der Waals surface area contributed by atoms with Gasteiger partial charge in [0.1, 0.15) is 37.1 Å². The second-order valence-corrected chi connectivity index (χ2v) is 12.7. The summed E-state index contributed by atoms with van der Waals surface area (Å²) >= 11 is 0. The number of halogens is 3. The fourth-order valence-electron chi connectivity index (χ4n) is 6.16. The summed E-state index contributed by atoms with van der Waals surface area (Å²) < 4.78 is 36.3. The first-order valence-electron chi connectivity index (χ1n) is 18.6. The first-order valence-corrected chi connectivity index (χ1v) is 18.6. The van der Waals surface area contributed by atoms with Crippen LogP contribution in [0.3, 0.4) is 0 Å². The van der Waals surface area contributed by atoms with Crippen LogP contribution in [-0.2, 0) is 0 Å². The molecule has 2 heterocycles. The number of alkyl halides is 2. The lowest BCUT2D eigenvalue weighted by Gasteiger charge is -2.21. The van der Waals surface area contributed by atoms with Gasteiger partial charge in [-0.05, 0) is 100 Å². The van der Waals surface area contributed by atoms with E-state index in [0.717, 1.165) is 70.5 Å². The number of hydrogen-bond acceptors (Lipinski definition) is 8. The van der Waals surface area contributed by atoms with Crippen LogP contribution < -0.4 is 19.3 Å². The molecule has 0 radical (unpaired) electrons. The molecule has 0 aliphatic rings. The molecule has 0 aliphatic carbocycles. The maximum atomic E-state index is 12.7. The summed E-state index contributed by atoms with van der Waals surface area (Å²) in [6.45, 7) is 10.4. The Morgan fingerprint density at radius 3 is 1.20 bits per heavy atom. The zero-order chi connectivity index (χ0) is 38.5. The van der Waals surface area contributed by atoms with Crippen LogP contribution >= 0.6 is 12.4 Å². The van der Waals surface area contributed by atoms with Gasteiger partial charge in [0.2, 0.25) is 0 Å². The molecule has 2 N–H and O–H groups in total. The average molecular weight is 773 g/mol. The summed E-state index contributed by atoms with van der Waals surface area (Å²) in [5.41, 5.74) is 8.02. The summed E-state index contributed by atoms with van der Waals surface area (Å²) in [7, 11) is 0. The highest BCUT2D eigenvalue weighted by Crippen LogP contribution is 2.28. The van der Waals surface area contributed by atoms with Crippen molar-refractivity contribution in [2.45, 2.75) is 39.9 Å². The molecule has 0 amide bonds. The summed E-state index contributed by atoms with van der Waals surface area (Å²) in [6, 6.07) is 35.6. The van der Waals surface area contributed by atoms with Crippen molar-refractivity contribution in [2.24, 2.45) is 0 Å². The standard InChI is InChI=1S/2C22H25FN2O2.ClH/c2*1-3-25(4-2)18-8-5-16(6-9-18)21-11-7-17-13-19(10-12-22(17)24-21)27-20(14-23)15-26;/h2*5-13,20,26H,3-4,14-15H2,1-2H3;1H. The van der Waals surface area contributed by atoms with E-state index in [9.17, 15) is 8.78 Å². The minimum atomic E-state index is -0.834. The lowest BCUT2D eigenvalue weighted by atomic mass is 10.1. The third-order valence-electron chi connectivity index (χ3n) is 9.26. The zero-order valence-electron chi connectivity index (χ0n) is 31.9. The quantitative estimate of drug-likeness (QED) is 0.101. The van der Waals surface area contributed by atoms with E-state index < -0.39 is 25.6 Å². The lowest BCUT2D eigenvalue weighted by Crippen LogP contribution is -2.23. The SMILES string of the molecule is CCN(CC)c1ccc(-c2ccc3cc(OC(CO)CF)ccc3n2)cc1.CCN(CC)c1ccc(-c2ccc3cc(OC(CO)CF)ccc3n2)cc1.Cl. The number of aliphatic hydroxyl groups excluding tert-OH is 2. The Morgan fingerprint density at radius 1 is 0.527 bits per heavy atom. The van der Waals surface area contributed by atoms with Crippen molar-refractivity contribution in [1.29, 1.82) is 0 Å². The van der Waals surface area contributed by atoms with E-state index in [4.69, 9.17) is 29.7 Å². The molecule has 6 rings (SSSR count). The molecule has 292 valence electrons. The molecule has 0 saturated heterocycles. The molecule has 0 saturated carbocycles. The number of hydrogen-bond donors (Lipinski definition) is 2. The smallest absolute Gasteiger partial charge is 0.150 e. The van der Waals surface area contributed by atoms with Crippen molar-refractivity contribution in [3.8, 4) is 34.0 Å².